The average Bonchev–Trinajstić information content (AvgIpc) is 2.81. The first-order chi connectivity index (χ1) is 15.5. The van der Waals surface area contributed by atoms with E-state index in [0.717, 1.165) is 11.1 Å². The Balaban J connectivity index is 1.57. The van der Waals surface area contributed by atoms with Crippen LogP contribution in [-0.4, -0.2) is 21.9 Å². The Morgan fingerprint density at radius 2 is 1.59 bits per heavy atom. The average molecular weight is 428 g/mol. The minimum absolute atomic E-state index is 0.252. The van der Waals surface area contributed by atoms with Gasteiger partial charge in [-0.15, -0.1) is 0 Å². The zero-order valence-electron chi connectivity index (χ0n) is 17.0. The van der Waals surface area contributed by atoms with Crippen LogP contribution in [0.15, 0.2) is 96.1 Å². The largest absolute Gasteiger partial charge is 0.344 e. The van der Waals surface area contributed by atoms with Crippen LogP contribution in [0.25, 0.3) is 11.1 Å². The van der Waals surface area contributed by atoms with Crippen molar-refractivity contribution in [1.29, 1.82) is 0 Å². The molecule has 0 saturated heterocycles. The molecule has 1 amide bonds. The first-order valence-corrected chi connectivity index (χ1v) is 10.0. The fourth-order valence-corrected chi connectivity index (χ4v) is 3.62. The molecule has 7 heteroatoms. The number of halogens is 1. The van der Waals surface area contributed by atoms with Crippen LogP contribution >= 0.6 is 0 Å². The van der Waals surface area contributed by atoms with Gasteiger partial charge in [0.15, 0.2) is 0 Å². The Hall–Kier alpha value is -4.10. The number of anilines is 1. The number of nitrogens with zero attached hydrogens (tertiary/aromatic N) is 1. The molecule has 4 rings (SSSR count). The fourth-order valence-electron chi connectivity index (χ4n) is 3.62. The molecular weight excluding hydrogens is 407 g/mol. The van der Waals surface area contributed by atoms with Gasteiger partial charge in [0.25, 0.3) is 0 Å². The quantitative estimate of drug-likeness (QED) is 0.436. The summed E-state index contributed by atoms with van der Waals surface area (Å²) in [6.45, 7) is 0. The highest BCUT2D eigenvalue weighted by atomic mass is 19.1. The molecule has 0 unspecified atom stereocenters. The summed E-state index contributed by atoms with van der Waals surface area (Å²) in [6.07, 6.45) is 2.67. The molecule has 0 spiro atoms. The van der Waals surface area contributed by atoms with Crippen LogP contribution in [0.4, 0.5) is 10.1 Å². The summed E-state index contributed by atoms with van der Waals surface area (Å²) in [5.74, 6) is -1.36. The van der Waals surface area contributed by atoms with Gasteiger partial charge >= 0.3 is 5.69 Å². The van der Waals surface area contributed by atoms with Crippen molar-refractivity contribution in [3.05, 3.63) is 119 Å². The Bertz CT molecular complexity index is 1220. The minimum atomic E-state index is -0.897. The summed E-state index contributed by atoms with van der Waals surface area (Å²) in [5, 5.41) is 2.71. The van der Waals surface area contributed by atoms with E-state index >= 15 is 0 Å². The van der Waals surface area contributed by atoms with E-state index in [-0.39, 0.29) is 17.2 Å². The monoisotopic (exact) mass is 428 g/mol. The van der Waals surface area contributed by atoms with Crippen LogP contribution in [0.5, 0.6) is 0 Å². The third kappa shape index (κ3) is 4.63. The van der Waals surface area contributed by atoms with Crippen molar-refractivity contribution in [1.82, 2.24) is 9.97 Å². The number of hydrogen-bond acceptors (Lipinski definition) is 4. The fraction of sp³-hybridized carbons (Fsp3) is 0.0800. The molecular formula is C25H21FN4O2. The van der Waals surface area contributed by atoms with E-state index in [1.165, 1.54) is 24.5 Å². The SMILES string of the molecule is N[C@H](C(=O)Nc1ccc(-c2cnc(=O)[nH]c2)c(F)c1)C(c1ccccc1)c1ccccc1. The summed E-state index contributed by atoms with van der Waals surface area (Å²) >= 11 is 0. The van der Waals surface area contributed by atoms with Gasteiger partial charge in [0.1, 0.15) is 5.82 Å². The van der Waals surface area contributed by atoms with E-state index in [0.29, 0.717) is 5.56 Å². The first-order valence-electron chi connectivity index (χ1n) is 10.0. The standard InChI is InChI=1S/C25H21FN4O2/c26-21-13-19(11-12-20(21)18-14-28-25(32)29-15-18)30-24(31)23(27)22(16-7-3-1-4-8-16)17-9-5-2-6-10-17/h1-15,22-23H,27H2,(H,30,31)(H,28,29,32)/t23-/m0/s1. The molecule has 0 radical (unpaired) electrons. The highest BCUT2D eigenvalue weighted by Crippen LogP contribution is 2.29. The number of benzene rings is 3. The van der Waals surface area contributed by atoms with Gasteiger partial charge in [-0.1, -0.05) is 60.7 Å². The number of aromatic amines is 1. The molecule has 0 bridgehead atoms. The van der Waals surface area contributed by atoms with Gasteiger partial charge in [0, 0.05) is 35.1 Å². The number of amides is 1. The maximum Gasteiger partial charge on any atom is 0.344 e. The highest BCUT2D eigenvalue weighted by Gasteiger charge is 2.27. The smallest absolute Gasteiger partial charge is 0.325 e. The summed E-state index contributed by atoms with van der Waals surface area (Å²) in [4.78, 5) is 30.1. The number of carbonyl (C=O) groups is 1. The van der Waals surface area contributed by atoms with Crippen molar-refractivity contribution in [2.45, 2.75) is 12.0 Å². The first kappa shape index (κ1) is 21.1. The lowest BCUT2D eigenvalue weighted by atomic mass is 9.85. The van der Waals surface area contributed by atoms with Crippen LogP contribution in [0.2, 0.25) is 0 Å². The summed E-state index contributed by atoms with van der Waals surface area (Å²) in [5.41, 5.74) is 8.66. The van der Waals surface area contributed by atoms with Gasteiger partial charge in [-0.2, -0.15) is 0 Å². The maximum absolute atomic E-state index is 14.7. The van der Waals surface area contributed by atoms with Crippen LogP contribution in [0, 0.1) is 5.82 Å². The van der Waals surface area contributed by atoms with E-state index < -0.39 is 23.5 Å². The number of nitrogens with two attached hydrogens (primary N) is 1. The molecule has 3 aromatic carbocycles. The Morgan fingerprint density at radius 1 is 0.969 bits per heavy atom. The summed E-state index contributed by atoms with van der Waals surface area (Å²) < 4.78 is 14.7. The molecule has 1 atom stereocenters. The third-order valence-electron chi connectivity index (χ3n) is 5.20. The molecule has 1 aromatic heterocycles. The Kier molecular flexibility index (Phi) is 6.19. The predicted molar refractivity (Wildman–Crippen MR) is 122 cm³/mol. The van der Waals surface area contributed by atoms with Crippen molar-refractivity contribution in [2.24, 2.45) is 5.73 Å². The molecule has 0 aliphatic heterocycles. The van der Waals surface area contributed by atoms with Gasteiger partial charge in [-0.25, -0.2) is 14.2 Å². The maximum atomic E-state index is 14.7. The predicted octanol–water partition coefficient (Wildman–Crippen LogP) is 3.67. The minimum Gasteiger partial charge on any atom is -0.325 e. The summed E-state index contributed by atoms with van der Waals surface area (Å²) in [6, 6.07) is 22.5. The number of hydrogen-bond donors (Lipinski definition) is 3. The van der Waals surface area contributed by atoms with Crippen molar-refractivity contribution < 1.29 is 9.18 Å². The molecule has 32 heavy (non-hydrogen) atoms. The second kappa shape index (κ2) is 9.36. The summed E-state index contributed by atoms with van der Waals surface area (Å²) in [7, 11) is 0. The third-order valence-corrected chi connectivity index (χ3v) is 5.20. The van der Waals surface area contributed by atoms with Gasteiger partial charge in [-0.3, -0.25) is 4.79 Å². The molecule has 0 aliphatic rings. The lowest BCUT2D eigenvalue weighted by molar-refractivity contribution is -0.117. The van der Waals surface area contributed by atoms with E-state index in [1.807, 2.05) is 60.7 Å². The van der Waals surface area contributed by atoms with Gasteiger partial charge < -0.3 is 16.0 Å². The van der Waals surface area contributed by atoms with Gasteiger partial charge in [-0.05, 0) is 29.3 Å². The van der Waals surface area contributed by atoms with Gasteiger partial charge in [0.05, 0.1) is 6.04 Å². The lowest BCUT2D eigenvalue weighted by Crippen LogP contribution is -2.41. The number of aromatic nitrogens is 2. The van der Waals surface area contributed by atoms with Crippen molar-refractivity contribution >= 4 is 11.6 Å². The molecule has 4 N–H and O–H groups in total. The lowest BCUT2D eigenvalue weighted by Gasteiger charge is -2.24. The van der Waals surface area contributed by atoms with E-state index in [1.54, 1.807) is 6.07 Å². The van der Waals surface area contributed by atoms with Crippen LogP contribution < -0.4 is 16.7 Å². The van der Waals surface area contributed by atoms with E-state index in [2.05, 4.69) is 15.3 Å². The van der Waals surface area contributed by atoms with Crippen LogP contribution in [-0.2, 0) is 4.79 Å². The Morgan fingerprint density at radius 3 is 2.12 bits per heavy atom. The molecule has 4 aromatic rings. The number of nitrogens with one attached hydrogen (secondary N) is 2. The molecule has 0 fully saturated rings. The molecule has 6 nitrogen and oxygen atoms in total. The number of rotatable bonds is 6. The molecule has 1 heterocycles. The molecule has 0 aliphatic carbocycles. The van der Waals surface area contributed by atoms with Gasteiger partial charge in [0.2, 0.25) is 5.91 Å². The zero-order valence-corrected chi connectivity index (χ0v) is 17.0. The topological polar surface area (TPSA) is 101 Å². The Labute approximate surface area is 184 Å². The number of carbonyl (C=O) groups excluding carboxylic acids is 1. The van der Waals surface area contributed by atoms with E-state index in [4.69, 9.17) is 5.73 Å². The van der Waals surface area contributed by atoms with Crippen molar-refractivity contribution in [3.8, 4) is 11.1 Å². The molecule has 0 saturated carbocycles. The second-order valence-corrected chi connectivity index (χ2v) is 7.32. The molecule has 160 valence electrons. The van der Waals surface area contributed by atoms with Crippen molar-refractivity contribution in [3.63, 3.8) is 0 Å². The zero-order chi connectivity index (χ0) is 22.5. The van der Waals surface area contributed by atoms with E-state index in [9.17, 15) is 14.0 Å². The second-order valence-electron chi connectivity index (χ2n) is 7.32. The van der Waals surface area contributed by atoms with Crippen LogP contribution in [0.3, 0.4) is 0 Å². The van der Waals surface area contributed by atoms with Crippen LogP contribution in [0.1, 0.15) is 17.0 Å². The van der Waals surface area contributed by atoms with Crippen molar-refractivity contribution in [2.75, 3.05) is 5.32 Å². The number of H-pyrrole nitrogens is 1. The highest BCUT2D eigenvalue weighted by molar-refractivity contribution is 5.96. The normalized spacial score (nSPS) is 11.8.